The average molecular weight is 589 g/mol. The molecule has 0 atom stereocenters. The van der Waals surface area contributed by atoms with Crippen LogP contribution >= 0.6 is 34.2 Å². The van der Waals surface area contributed by atoms with E-state index >= 15 is 0 Å². The van der Waals surface area contributed by atoms with E-state index in [1.165, 1.54) is 0 Å². The van der Waals surface area contributed by atoms with Crippen molar-refractivity contribution in [1.29, 1.82) is 0 Å². The molecule has 0 radical (unpaired) electrons. The van der Waals surface area contributed by atoms with Gasteiger partial charge in [0, 0.05) is 12.6 Å². The number of halogens is 2. The van der Waals surface area contributed by atoms with Crippen molar-refractivity contribution in [2.45, 2.75) is 20.1 Å². The number of hydrogen-bond acceptors (Lipinski definition) is 5. The van der Waals surface area contributed by atoms with Gasteiger partial charge in [0.2, 0.25) is 0 Å². The lowest BCUT2D eigenvalue weighted by Gasteiger charge is -2.15. The molecule has 0 saturated heterocycles. The van der Waals surface area contributed by atoms with Crippen LogP contribution in [-0.2, 0) is 13.2 Å². The fraction of sp³-hybridized carbons (Fsp3) is 0.154. The van der Waals surface area contributed by atoms with Gasteiger partial charge in [-0.1, -0.05) is 77.4 Å². The number of amides is 1. The quantitative estimate of drug-likeness (QED) is 0.226. The third-order valence-electron chi connectivity index (χ3n) is 4.94. The minimum atomic E-state index is -0.303. The first-order valence-corrected chi connectivity index (χ1v) is 12.1. The van der Waals surface area contributed by atoms with Crippen molar-refractivity contribution in [3.05, 3.63) is 98.2 Å². The number of benzene rings is 3. The Morgan fingerprint density at radius 1 is 0.971 bits per heavy atom. The zero-order valence-electron chi connectivity index (χ0n) is 18.4. The molecule has 0 aliphatic carbocycles. The zero-order chi connectivity index (χ0) is 23.9. The molecule has 0 fully saturated rings. The SMILES string of the molecule is CCNC(=O)c1noc(-c2cc(Cl)c(OCc3ccccc3)cc2OCc2ccccc2)c1I. The predicted molar refractivity (Wildman–Crippen MR) is 139 cm³/mol. The summed E-state index contributed by atoms with van der Waals surface area (Å²) in [4.78, 5) is 12.3. The Labute approximate surface area is 216 Å². The molecule has 8 heteroatoms. The molecule has 6 nitrogen and oxygen atoms in total. The Hall–Kier alpha value is -3.04. The third-order valence-corrected chi connectivity index (χ3v) is 6.24. The molecule has 1 heterocycles. The molecule has 0 aliphatic rings. The van der Waals surface area contributed by atoms with Crippen molar-refractivity contribution in [3.63, 3.8) is 0 Å². The van der Waals surface area contributed by atoms with Crippen LogP contribution in [0.15, 0.2) is 77.3 Å². The molecule has 0 spiro atoms. The maximum absolute atomic E-state index is 12.3. The number of carbonyl (C=O) groups excluding carboxylic acids is 1. The van der Waals surface area contributed by atoms with Crippen LogP contribution in [0.3, 0.4) is 0 Å². The van der Waals surface area contributed by atoms with Crippen LogP contribution in [0.25, 0.3) is 11.3 Å². The Balaban J connectivity index is 1.68. The number of nitrogens with zero attached hydrogens (tertiary/aromatic N) is 1. The van der Waals surface area contributed by atoms with Crippen molar-refractivity contribution < 1.29 is 18.8 Å². The van der Waals surface area contributed by atoms with Crippen LogP contribution in [-0.4, -0.2) is 17.6 Å². The van der Waals surface area contributed by atoms with Gasteiger partial charge in [0.25, 0.3) is 5.91 Å². The summed E-state index contributed by atoms with van der Waals surface area (Å²) in [5, 5.41) is 7.10. The fourth-order valence-electron chi connectivity index (χ4n) is 3.24. The summed E-state index contributed by atoms with van der Waals surface area (Å²) in [6.07, 6.45) is 0. The molecule has 1 aromatic heterocycles. The highest BCUT2D eigenvalue weighted by Crippen LogP contribution is 2.41. The van der Waals surface area contributed by atoms with Gasteiger partial charge < -0.3 is 19.3 Å². The number of carbonyl (C=O) groups is 1. The Kier molecular flexibility index (Phi) is 8.08. The average Bonchev–Trinajstić information content (AvgIpc) is 3.25. The highest BCUT2D eigenvalue weighted by molar-refractivity contribution is 14.1. The lowest BCUT2D eigenvalue weighted by Crippen LogP contribution is -2.23. The minimum Gasteiger partial charge on any atom is -0.488 e. The second kappa shape index (κ2) is 11.4. The summed E-state index contributed by atoms with van der Waals surface area (Å²) >= 11 is 8.63. The molecule has 1 N–H and O–H groups in total. The van der Waals surface area contributed by atoms with E-state index in [1.807, 2.05) is 90.2 Å². The number of aromatic nitrogens is 1. The smallest absolute Gasteiger partial charge is 0.274 e. The summed E-state index contributed by atoms with van der Waals surface area (Å²) in [5.41, 5.74) is 2.82. The first kappa shape index (κ1) is 24.1. The minimum absolute atomic E-state index is 0.215. The zero-order valence-corrected chi connectivity index (χ0v) is 21.3. The molecule has 0 aliphatic heterocycles. The van der Waals surface area contributed by atoms with Crippen molar-refractivity contribution in [2.24, 2.45) is 0 Å². The van der Waals surface area contributed by atoms with Gasteiger partial charge in [-0.15, -0.1) is 0 Å². The van der Waals surface area contributed by atoms with Gasteiger partial charge >= 0.3 is 0 Å². The van der Waals surface area contributed by atoms with E-state index in [0.717, 1.165) is 11.1 Å². The van der Waals surface area contributed by atoms with Gasteiger partial charge in [0.15, 0.2) is 11.5 Å². The number of hydrogen-bond donors (Lipinski definition) is 1. The van der Waals surface area contributed by atoms with Crippen LogP contribution in [0, 0.1) is 3.57 Å². The van der Waals surface area contributed by atoms with E-state index in [1.54, 1.807) is 12.1 Å². The van der Waals surface area contributed by atoms with Gasteiger partial charge in [0.05, 0.1) is 14.2 Å². The molecular weight excluding hydrogens is 567 g/mol. The van der Waals surface area contributed by atoms with Crippen molar-refractivity contribution >= 4 is 40.1 Å². The Morgan fingerprint density at radius 3 is 2.15 bits per heavy atom. The highest BCUT2D eigenvalue weighted by Gasteiger charge is 2.24. The Morgan fingerprint density at radius 2 is 1.56 bits per heavy atom. The molecule has 4 aromatic rings. The molecule has 1 amide bonds. The van der Waals surface area contributed by atoms with Gasteiger partial charge in [-0.2, -0.15) is 0 Å². The number of rotatable bonds is 9. The topological polar surface area (TPSA) is 73.6 Å². The molecule has 3 aromatic carbocycles. The summed E-state index contributed by atoms with van der Waals surface area (Å²) in [5.74, 6) is 1.09. The summed E-state index contributed by atoms with van der Waals surface area (Å²) in [6.45, 7) is 3.03. The second-order valence-electron chi connectivity index (χ2n) is 7.36. The number of ether oxygens (including phenoxy) is 2. The maximum Gasteiger partial charge on any atom is 0.274 e. The van der Waals surface area contributed by atoms with Crippen LogP contribution in [0.2, 0.25) is 5.02 Å². The van der Waals surface area contributed by atoms with Gasteiger partial charge in [-0.3, -0.25) is 4.79 Å². The standard InChI is InChI=1S/C26H22ClIN2O4/c1-2-29-26(31)24-23(28)25(34-30-24)19-13-20(27)22(33-16-18-11-7-4-8-12-18)14-21(19)32-15-17-9-5-3-6-10-17/h3-14H,2,15-16H2,1H3,(H,29,31). The van der Waals surface area contributed by atoms with Crippen LogP contribution < -0.4 is 14.8 Å². The summed E-state index contributed by atoms with van der Waals surface area (Å²) < 4.78 is 18.3. The number of nitrogens with one attached hydrogen (secondary N) is 1. The monoisotopic (exact) mass is 588 g/mol. The molecule has 34 heavy (non-hydrogen) atoms. The first-order valence-electron chi connectivity index (χ1n) is 10.7. The second-order valence-corrected chi connectivity index (χ2v) is 8.85. The third kappa shape index (κ3) is 5.71. The van der Waals surface area contributed by atoms with E-state index < -0.39 is 0 Å². The predicted octanol–water partition coefficient (Wildman–Crippen LogP) is 6.51. The van der Waals surface area contributed by atoms with E-state index in [0.29, 0.717) is 51.2 Å². The van der Waals surface area contributed by atoms with Gasteiger partial charge in [-0.25, -0.2) is 0 Å². The van der Waals surface area contributed by atoms with E-state index in [4.69, 9.17) is 25.6 Å². The van der Waals surface area contributed by atoms with E-state index in [2.05, 4.69) is 10.5 Å². The lowest BCUT2D eigenvalue weighted by atomic mass is 10.1. The van der Waals surface area contributed by atoms with Crippen LogP contribution in [0.1, 0.15) is 28.5 Å². The van der Waals surface area contributed by atoms with Crippen molar-refractivity contribution in [2.75, 3.05) is 6.54 Å². The van der Waals surface area contributed by atoms with Crippen molar-refractivity contribution in [1.82, 2.24) is 10.5 Å². The van der Waals surface area contributed by atoms with E-state index in [-0.39, 0.29) is 11.6 Å². The summed E-state index contributed by atoms with van der Waals surface area (Å²) in [7, 11) is 0. The highest BCUT2D eigenvalue weighted by atomic mass is 127. The van der Waals surface area contributed by atoms with Crippen LogP contribution in [0.4, 0.5) is 0 Å². The van der Waals surface area contributed by atoms with E-state index in [9.17, 15) is 4.79 Å². The fourth-order valence-corrected chi connectivity index (χ4v) is 4.20. The van der Waals surface area contributed by atoms with Crippen LogP contribution in [0.5, 0.6) is 11.5 Å². The van der Waals surface area contributed by atoms with Gasteiger partial charge in [0.1, 0.15) is 24.7 Å². The molecular formula is C26H22ClIN2O4. The van der Waals surface area contributed by atoms with Crippen molar-refractivity contribution in [3.8, 4) is 22.8 Å². The Bertz CT molecular complexity index is 1260. The molecule has 0 unspecified atom stereocenters. The maximum atomic E-state index is 12.3. The summed E-state index contributed by atoms with van der Waals surface area (Å²) in [6, 6.07) is 23.1. The van der Waals surface area contributed by atoms with Gasteiger partial charge in [-0.05, 0) is 46.7 Å². The molecule has 0 saturated carbocycles. The lowest BCUT2D eigenvalue weighted by molar-refractivity contribution is 0.0946. The largest absolute Gasteiger partial charge is 0.488 e. The molecule has 0 bridgehead atoms. The molecule has 4 rings (SSSR count). The first-order chi connectivity index (χ1) is 16.6. The normalized spacial score (nSPS) is 10.7. The molecule has 174 valence electrons.